The molecular formula is C17H24N2O. The second-order valence-electron chi connectivity index (χ2n) is 6.63. The third-order valence-corrected chi connectivity index (χ3v) is 4.67. The Bertz CT molecular complexity index is 567. The zero-order valence-corrected chi connectivity index (χ0v) is 12.4. The molecule has 3 rings (SSSR count). The van der Waals surface area contributed by atoms with Crippen LogP contribution in [0.4, 0.5) is 0 Å². The van der Waals surface area contributed by atoms with Gasteiger partial charge < -0.3 is 9.67 Å². The average Bonchev–Trinajstić information content (AvgIpc) is 2.81. The minimum atomic E-state index is -0.266. The molecular weight excluding hydrogens is 248 g/mol. The molecule has 3 atom stereocenters. The van der Waals surface area contributed by atoms with Crippen molar-refractivity contribution in [3.05, 3.63) is 30.6 Å². The molecule has 1 aromatic carbocycles. The summed E-state index contributed by atoms with van der Waals surface area (Å²) in [5, 5.41) is 10.6. The lowest BCUT2D eigenvalue weighted by atomic mass is 9.74. The Morgan fingerprint density at radius 2 is 1.90 bits per heavy atom. The Morgan fingerprint density at radius 3 is 2.65 bits per heavy atom. The number of rotatable bonds is 3. The number of aliphatic hydroxyl groups is 1. The third-order valence-electron chi connectivity index (χ3n) is 4.67. The molecule has 1 N–H and O–H groups in total. The summed E-state index contributed by atoms with van der Waals surface area (Å²) in [5.74, 6) is 1.89. The summed E-state index contributed by atoms with van der Waals surface area (Å²) in [4.78, 5) is 4.40. The fourth-order valence-corrected chi connectivity index (χ4v) is 3.83. The Balaban J connectivity index is 1.73. The fraction of sp³-hybridized carbons (Fsp3) is 0.588. The van der Waals surface area contributed by atoms with Crippen LogP contribution in [0, 0.1) is 17.8 Å². The summed E-state index contributed by atoms with van der Waals surface area (Å²) in [6.45, 7) is 5.27. The van der Waals surface area contributed by atoms with E-state index in [1.54, 1.807) is 0 Å². The van der Waals surface area contributed by atoms with E-state index in [1.807, 2.05) is 24.5 Å². The summed E-state index contributed by atoms with van der Waals surface area (Å²) in [6.07, 6.45) is 5.19. The van der Waals surface area contributed by atoms with Crippen molar-refractivity contribution in [1.82, 2.24) is 9.55 Å². The maximum Gasteiger partial charge on any atom is 0.0959 e. The first kappa shape index (κ1) is 13.6. The molecule has 0 aliphatic heterocycles. The minimum absolute atomic E-state index is 0.266. The molecule has 0 radical (unpaired) electrons. The van der Waals surface area contributed by atoms with E-state index in [4.69, 9.17) is 0 Å². The van der Waals surface area contributed by atoms with Crippen molar-refractivity contribution in [3.63, 3.8) is 0 Å². The van der Waals surface area contributed by atoms with E-state index in [1.165, 1.54) is 6.42 Å². The standard InChI is InChI=1S/C17H24N2O/c1-12-7-13(2)9-14(8-12)17(20)10-19-11-18-15-5-3-4-6-16(15)19/h3-6,11-14,17,20H,7-10H2,1-2H3. The number of nitrogens with zero attached hydrogens (tertiary/aromatic N) is 2. The zero-order valence-electron chi connectivity index (χ0n) is 12.4. The smallest absolute Gasteiger partial charge is 0.0959 e. The van der Waals surface area contributed by atoms with E-state index in [-0.39, 0.29) is 6.10 Å². The fourth-order valence-electron chi connectivity index (χ4n) is 3.83. The Kier molecular flexibility index (Phi) is 3.79. The van der Waals surface area contributed by atoms with Crippen LogP contribution >= 0.6 is 0 Å². The highest BCUT2D eigenvalue weighted by molar-refractivity contribution is 5.74. The molecule has 1 aromatic heterocycles. The summed E-state index contributed by atoms with van der Waals surface area (Å²) >= 11 is 0. The van der Waals surface area contributed by atoms with Crippen LogP contribution in [0.1, 0.15) is 33.1 Å². The second kappa shape index (κ2) is 5.57. The van der Waals surface area contributed by atoms with Gasteiger partial charge in [-0.1, -0.05) is 26.0 Å². The number of imidazole rings is 1. The van der Waals surface area contributed by atoms with Gasteiger partial charge in [0.1, 0.15) is 0 Å². The molecule has 1 fully saturated rings. The number of para-hydroxylation sites is 2. The Morgan fingerprint density at radius 1 is 1.20 bits per heavy atom. The predicted octanol–water partition coefficient (Wildman–Crippen LogP) is 3.47. The third kappa shape index (κ3) is 2.73. The van der Waals surface area contributed by atoms with Crippen LogP contribution in [0.25, 0.3) is 11.0 Å². The van der Waals surface area contributed by atoms with Crippen molar-refractivity contribution in [3.8, 4) is 0 Å². The number of hydrogen-bond acceptors (Lipinski definition) is 2. The molecule has 3 nitrogen and oxygen atoms in total. The van der Waals surface area contributed by atoms with Gasteiger partial charge in [-0.05, 0) is 49.1 Å². The van der Waals surface area contributed by atoms with Crippen molar-refractivity contribution >= 4 is 11.0 Å². The van der Waals surface area contributed by atoms with E-state index in [9.17, 15) is 5.11 Å². The van der Waals surface area contributed by atoms with E-state index < -0.39 is 0 Å². The molecule has 0 spiro atoms. The maximum atomic E-state index is 10.6. The van der Waals surface area contributed by atoms with Gasteiger partial charge in [0.15, 0.2) is 0 Å². The van der Waals surface area contributed by atoms with Crippen LogP contribution in [-0.4, -0.2) is 20.8 Å². The highest BCUT2D eigenvalue weighted by Crippen LogP contribution is 2.35. The van der Waals surface area contributed by atoms with Crippen LogP contribution in [0.15, 0.2) is 30.6 Å². The SMILES string of the molecule is CC1CC(C)CC(C(O)Cn2cnc3ccccc32)C1. The predicted molar refractivity (Wildman–Crippen MR) is 81.4 cm³/mol. The molecule has 1 saturated carbocycles. The monoisotopic (exact) mass is 272 g/mol. The lowest BCUT2D eigenvalue weighted by Gasteiger charge is -2.34. The van der Waals surface area contributed by atoms with Gasteiger partial charge in [-0.2, -0.15) is 0 Å². The van der Waals surface area contributed by atoms with Gasteiger partial charge in [0.25, 0.3) is 0 Å². The van der Waals surface area contributed by atoms with E-state index >= 15 is 0 Å². The molecule has 1 heterocycles. The highest BCUT2D eigenvalue weighted by atomic mass is 16.3. The van der Waals surface area contributed by atoms with E-state index in [2.05, 4.69) is 29.5 Å². The summed E-state index contributed by atoms with van der Waals surface area (Å²) in [5.41, 5.74) is 2.12. The second-order valence-corrected chi connectivity index (χ2v) is 6.63. The molecule has 0 saturated heterocycles. The number of aromatic nitrogens is 2. The van der Waals surface area contributed by atoms with E-state index in [0.29, 0.717) is 12.5 Å². The topological polar surface area (TPSA) is 38.0 Å². The quantitative estimate of drug-likeness (QED) is 0.929. The number of hydrogen-bond donors (Lipinski definition) is 1. The Hall–Kier alpha value is -1.35. The van der Waals surface area contributed by atoms with Gasteiger partial charge in [0, 0.05) is 0 Å². The molecule has 0 bridgehead atoms. The van der Waals surface area contributed by atoms with Crippen LogP contribution in [0.3, 0.4) is 0 Å². The number of benzene rings is 1. The first-order chi connectivity index (χ1) is 9.63. The number of fused-ring (bicyclic) bond motifs is 1. The van der Waals surface area contributed by atoms with Crippen molar-refractivity contribution in [2.75, 3.05) is 0 Å². The van der Waals surface area contributed by atoms with Gasteiger partial charge in [0.2, 0.25) is 0 Å². The Labute approximate surface area is 120 Å². The summed E-state index contributed by atoms with van der Waals surface area (Å²) in [6, 6.07) is 8.11. The van der Waals surface area contributed by atoms with Crippen LogP contribution in [-0.2, 0) is 6.54 Å². The molecule has 3 heteroatoms. The molecule has 1 aliphatic rings. The van der Waals surface area contributed by atoms with Gasteiger partial charge in [-0.15, -0.1) is 0 Å². The first-order valence-electron chi connectivity index (χ1n) is 7.71. The van der Waals surface area contributed by atoms with Gasteiger partial charge in [0.05, 0.1) is 30.0 Å². The molecule has 20 heavy (non-hydrogen) atoms. The van der Waals surface area contributed by atoms with Crippen molar-refractivity contribution < 1.29 is 5.11 Å². The lowest BCUT2D eigenvalue weighted by molar-refractivity contribution is 0.0443. The van der Waals surface area contributed by atoms with Crippen LogP contribution in [0.5, 0.6) is 0 Å². The number of aliphatic hydroxyl groups excluding tert-OH is 1. The van der Waals surface area contributed by atoms with Gasteiger partial charge in [-0.3, -0.25) is 0 Å². The average molecular weight is 272 g/mol. The maximum absolute atomic E-state index is 10.6. The van der Waals surface area contributed by atoms with Crippen molar-refractivity contribution in [2.45, 2.75) is 45.8 Å². The molecule has 2 aromatic rings. The van der Waals surface area contributed by atoms with Crippen LogP contribution in [0.2, 0.25) is 0 Å². The largest absolute Gasteiger partial charge is 0.391 e. The highest BCUT2D eigenvalue weighted by Gasteiger charge is 2.29. The zero-order chi connectivity index (χ0) is 14.1. The van der Waals surface area contributed by atoms with Gasteiger partial charge in [-0.25, -0.2) is 4.98 Å². The first-order valence-corrected chi connectivity index (χ1v) is 7.71. The van der Waals surface area contributed by atoms with E-state index in [0.717, 1.165) is 35.7 Å². The normalized spacial score (nSPS) is 28.6. The summed E-state index contributed by atoms with van der Waals surface area (Å²) < 4.78 is 2.09. The summed E-state index contributed by atoms with van der Waals surface area (Å²) in [7, 11) is 0. The lowest BCUT2D eigenvalue weighted by Crippen LogP contribution is -2.32. The van der Waals surface area contributed by atoms with Gasteiger partial charge >= 0.3 is 0 Å². The molecule has 108 valence electrons. The minimum Gasteiger partial charge on any atom is -0.391 e. The molecule has 0 amide bonds. The van der Waals surface area contributed by atoms with Crippen LogP contribution < -0.4 is 0 Å². The molecule has 3 unspecified atom stereocenters. The van der Waals surface area contributed by atoms with Crippen molar-refractivity contribution in [1.29, 1.82) is 0 Å². The molecule has 1 aliphatic carbocycles. The van der Waals surface area contributed by atoms with Crippen molar-refractivity contribution in [2.24, 2.45) is 17.8 Å².